The van der Waals surface area contributed by atoms with Gasteiger partial charge in [-0.05, 0) is 43.2 Å². The van der Waals surface area contributed by atoms with Crippen molar-refractivity contribution in [2.45, 2.75) is 32.1 Å². The van der Waals surface area contributed by atoms with Crippen molar-refractivity contribution in [3.05, 3.63) is 30.3 Å². The van der Waals surface area contributed by atoms with E-state index in [1.54, 1.807) is 0 Å². The monoisotopic (exact) mass is 268 g/mol. The Balaban J connectivity index is 1.79. The van der Waals surface area contributed by atoms with Crippen LogP contribution in [0.5, 0.6) is 0 Å². The molecule has 3 unspecified atom stereocenters. The molecule has 2 saturated carbocycles. The van der Waals surface area contributed by atoms with E-state index in [0.717, 1.165) is 18.0 Å². The minimum atomic E-state index is 0.188. The van der Waals surface area contributed by atoms with Gasteiger partial charge in [0.25, 0.3) is 0 Å². The van der Waals surface area contributed by atoms with Crippen molar-refractivity contribution in [3.63, 3.8) is 0 Å². The molecule has 0 saturated heterocycles. The van der Waals surface area contributed by atoms with Crippen LogP contribution in [0.4, 0.5) is 5.69 Å². The average Bonchev–Trinajstić information content (AvgIpc) is 3.11. The zero-order valence-corrected chi connectivity index (χ0v) is 11.7. The Morgan fingerprint density at radius 1 is 1.25 bits per heavy atom. The first-order valence-electron chi connectivity index (χ1n) is 7.53. The predicted octanol–water partition coefficient (Wildman–Crippen LogP) is 3.37. The topological polar surface area (TPSA) is 44.1 Å². The van der Waals surface area contributed by atoms with Crippen molar-refractivity contribution >= 4 is 11.6 Å². The lowest BCUT2D eigenvalue weighted by molar-refractivity contribution is -0.123. The van der Waals surface area contributed by atoms with Crippen LogP contribution in [0.1, 0.15) is 32.1 Å². The van der Waals surface area contributed by atoms with Gasteiger partial charge in [0, 0.05) is 18.2 Å². The molecule has 2 aliphatic rings. The van der Waals surface area contributed by atoms with Crippen molar-refractivity contribution in [2.24, 2.45) is 17.8 Å². The summed E-state index contributed by atoms with van der Waals surface area (Å²) < 4.78 is 0. The highest BCUT2D eigenvalue weighted by molar-refractivity contribution is 5.95. The van der Waals surface area contributed by atoms with Gasteiger partial charge < -0.3 is 4.90 Å². The second-order valence-electron chi connectivity index (χ2n) is 6.01. The van der Waals surface area contributed by atoms with Crippen molar-refractivity contribution in [2.75, 3.05) is 11.4 Å². The Morgan fingerprint density at radius 3 is 2.65 bits per heavy atom. The molecule has 1 aromatic carbocycles. The molecule has 3 atom stereocenters. The maximum atomic E-state index is 12.9. The number of amides is 1. The van der Waals surface area contributed by atoms with E-state index >= 15 is 0 Å². The number of anilines is 1. The highest BCUT2D eigenvalue weighted by atomic mass is 16.2. The first-order valence-corrected chi connectivity index (χ1v) is 7.53. The van der Waals surface area contributed by atoms with E-state index in [0.29, 0.717) is 18.9 Å². The van der Waals surface area contributed by atoms with Crippen LogP contribution >= 0.6 is 0 Å². The standard InChI is InChI=1S/C17H20N2O/c18-9-4-10-19(15-5-2-1-3-6-15)17(20)16-12-13-7-8-14(16)11-13/h1-3,5-6,13-14,16H,4,7-8,10-12H2. The largest absolute Gasteiger partial charge is 0.311 e. The number of hydrogen-bond acceptors (Lipinski definition) is 2. The summed E-state index contributed by atoms with van der Waals surface area (Å²) >= 11 is 0. The van der Waals surface area contributed by atoms with Crippen LogP contribution in [-0.2, 0) is 4.79 Å². The van der Waals surface area contributed by atoms with Gasteiger partial charge in [0.05, 0.1) is 12.5 Å². The summed E-state index contributed by atoms with van der Waals surface area (Å²) in [5.41, 5.74) is 0.926. The third-order valence-corrected chi connectivity index (χ3v) is 4.84. The van der Waals surface area contributed by atoms with E-state index in [4.69, 9.17) is 5.26 Å². The number of nitriles is 1. The quantitative estimate of drug-likeness (QED) is 0.840. The Bertz CT molecular complexity index is 520. The second-order valence-corrected chi connectivity index (χ2v) is 6.01. The summed E-state index contributed by atoms with van der Waals surface area (Å²) in [6.45, 7) is 0.507. The van der Waals surface area contributed by atoms with E-state index < -0.39 is 0 Å². The molecule has 104 valence electrons. The molecule has 2 aliphatic carbocycles. The molecule has 2 bridgehead atoms. The van der Waals surface area contributed by atoms with E-state index in [9.17, 15) is 4.79 Å². The molecule has 0 heterocycles. The van der Waals surface area contributed by atoms with Gasteiger partial charge in [-0.25, -0.2) is 0 Å². The fraction of sp³-hybridized carbons (Fsp3) is 0.529. The molecule has 0 N–H and O–H groups in total. The predicted molar refractivity (Wildman–Crippen MR) is 78.0 cm³/mol. The SMILES string of the molecule is N#CCCN(C(=O)C1CC2CCC1C2)c1ccccc1. The van der Waals surface area contributed by atoms with Crippen LogP contribution in [0.2, 0.25) is 0 Å². The number of benzene rings is 1. The van der Waals surface area contributed by atoms with E-state index in [2.05, 4.69) is 6.07 Å². The van der Waals surface area contributed by atoms with Crippen molar-refractivity contribution in [1.29, 1.82) is 5.26 Å². The highest BCUT2D eigenvalue weighted by Gasteiger charge is 2.44. The molecular weight excluding hydrogens is 248 g/mol. The summed E-state index contributed by atoms with van der Waals surface area (Å²) in [4.78, 5) is 14.7. The minimum Gasteiger partial charge on any atom is -0.311 e. The van der Waals surface area contributed by atoms with E-state index in [1.165, 1.54) is 19.3 Å². The van der Waals surface area contributed by atoms with Crippen molar-refractivity contribution in [1.82, 2.24) is 0 Å². The van der Waals surface area contributed by atoms with Crippen LogP contribution in [0.15, 0.2) is 30.3 Å². The number of rotatable bonds is 4. The molecule has 3 nitrogen and oxygen atoms in total. The van der Waals surface area contributed by atoms with Gasteiger partial charge in [0.2, 0.25) is 5.91 Å². The molecule has 0 spiro atoms. The highest BCUT2D eigenvalue weighted by Crippen LogP contribution is 2.49. The second kappa shape index (κ2) is 5.66. The number of para-hydroxylation sites is 1. The molecule has 3 heteroatoms. The number of hydrogen-bond donors (Lipinski definition) is 0. The Labute approximate surface area is 120 Å². The Hall–Kier alpha value is -1.82. The fourth-order valence-corrected chi connectivity index (χ4v) is 3.88. The van der Waals surface area contributed by atoms with E-state index in [1.807, 2.05) is 35.2 Å². The molecule has 3 rings (SSSR count). The molecule has 2 fully saturated rings. The van der Waals surface area contributed by atoms with Crippen LogP contribution in [-0.4, -0.2) is 12.5 Å². The summed E-state index contributed by atoms with van der Waals surface area (Å²) in [6.07, 6.45) is 5.19. The third-order valence-electron chi connectivity index (χ3n) is 4.84. The number of nitrogens with zero attached hydrogens (tertiary/aromatic N) is 2. The first-order chi connectivity index (χ1) is 9.79. The smallest absolute Gasteiger partial charge is 0.230 e. The van der Waals surface area contributed by atoms with Crippen LogP contribution in [0.25, 0.3) is 0 Å². The Morgan fingerprint density at radius 2 is 2.05 bits per heavy atom. The summed E-state index contributed by atoms with van der Waals surface area (Å²) in [5.74, 6) is 1.77. The zero-order valence-electron chi connectivity index (χ0n) is 11.7. The minimum absolute atomic E-state index is 0.188. The van der Waals surface area contributed by atoms with Crippen molar-refractivity contribution < 1.29 is 4.79 Å². The van der Waals surface area contributed by atoms with Gasteiger partial charge >= 0.3 is 0 Å². The normalized spacial score (nSPS) is 27.2. The molecule has 1 amide bonds. The summed E-state index contributed by atoms with van der Waals surface area (Å²) in [5, 5.41) is 8.83. The lowest BCUT2D eigenvalue weighted by Crippen LogP contribution is -2.39. The summed E-state index contributed by atoms with van der Waals surface area (Å²) in [6, 6.07) is 11.9. The average molecular weight is 268 g/mol. The molecular formula is C17H20N2O. The van der Waals surface area contributed by atoms with Crippen LogP contribution < -0.4 is 4.90 Å². The molecule has 1 aromatic rings. The van der Waals surface area contributed by atoms with Gasteiger partial charge in [0.1, 0.15) is 0 Å². The molecule has 0 radical (unpaired) electrons. The lowest BCUT2D eigenvalue weighted by Gasteiger charge is -2.29. The van der Waals surface area contributed by atoms with Crippen LogP contribution in [0, 0.1) is 29.1 Å². The lowest BCUT2D eigenvalue weighted by atomic mass is 9.87. The van der Waals surface area contributed by atoms with Crippen LogP contribution in [0.3, 0.4) is 0 Å². The van der Waals surface area contributed by atoms with Gasteiger partial charge in [-0.1, -0.05) is 24.6 Å². The van der Waals surface area contributed by atoms with Gasteiger partial charge in [-0.15, -0.1) is 0 Å². The maximum absolute atomic E-state index is 12.9. The van der Waals surface area contributed by atoms with Gasteiger partial charge in [-0.2, -0.15) is 5.26 Å². The zero-order chi connectivity index (χ0) is 13.9. The number of carbonyl (C=O) groups excluding carboxylic acids is 1. The Kier molecular flexibility index (Phi) is 3.73. The molecule has 20 heavy (non-hydrogen) atoms. The maximum Gasteiger partial charge on any atom is 0.230 e. The first kappa shape index (κ1) is 13.2. The van der Waals surface area contributed by atoms with Crippen molar-refractivity contribution in [3.8, 4) is 6.07 Å². The fourth-order valence-electron chi connectivity index (χ4n) is 3.88. The molecule has 0 aliphatic heterocycles. The molecule has 0 aromatic heterocycles. The third kappa shape index (κ3) is 2.43. The van der Waals surface area contributed by atoms with Gasteiger partial charge in [0.15, 0.2) is 0 Å². The number of fused-ring (bicyclic) bond motifs is 2. The summed E-state index contributed by atoms with van der Waals surface area (Å²) in [7, 11) is 0. The van der Waals surface area contributed by atoms with Gasteiger partial charge in [-0.3, -0.25) is 4.79 Å². The number of carbonyl (C=O) groups is 1. The van der Waals surface area contributed by atoms with E-state index in [-0.39, 0.29) is 11.8 Å².